The summed E-state index contributed by atoms with van der Waals surface area (Å²) in [6.45, 7) is 0.749. The molecule has 21 heavy (non-hydrogen) atoms. The van der Waals surface area contributed by atoms with E-state index in [0.29, 0.717) is 11.8 Å². The summed E-state index contributed by atoms with van der Waals surface area (Å²) in [4.78, 5) is 24.2. The molecule has 4 saturated carbocycles. The van der Waals surface area contributed by atoms with Crippen LogP contribution in [0.2, 0.25) is 0 Å². The number of carboxylic acids is 1. The molecule has 2 atom stereocenters. The van der Waals surface area contributed by atoms with Gasteiger partial charge in [0, 0.05) is 6.54 Å². The van der Waals surface area contributed by atoms with Crippen molar-refractivity contribution in [1.82, 2.24) is 5.32 Å². The molecule has 0 saturated heterocycles. The van der Waals surface area contributed by atoms with Crippen molar-refractivity contribution in [3.8, 4) is 0 Å². The minimum atomic E-state index is -0.762. The van der Waals surface area contributed by atoms with Gasteiger partial charge in [0.15, 0.2) is 0 Å². The predicted octanol–water partition coefficient (Wildman–Crippen LogP) is 2.82. The molecule has 0 unspecified atom stereocenters. The Labute approximate surface area is 126 Å². The van der Waals surface area contributed by atoms with Gasteiger partial charge in [-0.1, -0.05) is 19.3 Å². The fourth-order valence-corrected chi connectivity index (χ4v) is 4.94. The molecular weight excluding hydrogens is 266 g/mol. The Bertz CT molecular complexity index is 395. The topological polar surface area (TPSA) is 66.4 Å². The lowest BCUT2D eigenvalue weighted by molar-refractivity contribution is -0.158. The summed E-state index contributed by atoms with van der Waals surface area (Å²) in [5.41, 5.74) is 0. The molecule has 1 amide bonds. The SMILES string of the molecule is O=C(NCC1CCCCC1)[C@@H]1C2CCC(CC2)[C@@H]1C(=O)O. The van der Waals surface area contributed by atoms with Crippen LogP contribution in [0.15, 0.2) is 0 Å². The van der Waals surface area contributed by atoms with Gasteiger partial charge >= 0.3 is 5.97 Å². The van der Waals surface area contributed by atoms with Gasteiger partial charge in [-0.15, -0.1) is 0 Å². The van der Waals surface area contributed by atoms with Gasteiger partial charge in [0.1, 0.15) is 0 Å². The van der Waals surface area contributed by atoms with E-state index in [1.165, 1.54) is 32.1 Å². The summed E-state index contributed by atoms with van der Waals surface area (Å²) in [7, 11) is 0. The van der Waals surface area contributed by atoms with Crippen LogP contribution < -0.4 is 5.32 Å². The highest BCUT2D eigenvalue weighted by atomic mass is 16.4. The van der Waals surface area contributed by atoms with E-state index in [4.69, 9.17) is 0 Å². The Morgan fingerprint density at radius 2 is 1.43 bits per heavy atom. The normalized spacial score (nSPS) is 36.4. The highest BCUT2D eigenvalue weighted by Crippen LogP contribution is 2.49. The standard InChI is InChI=1S/C17H27NO3/c19-16(18-10-11-4-2-1-3-5-11)14-12-6-8-13(9-7-12)15(14)17(20)21/h11-15H,1-10H2,(H,18,19)(H,20,21)/t12?,13?,14-,15+/m1/s1. The molecule has 4 rings (SSSR count). The minimum Gasteiger partial charge on any atom is -0.481 e. The molecule has 4 aliphatic carbocycles. The van der Waals surface area contributed by atoms with Crippen molar-refractivity contribution in [2.24, 2.45) is 29.6 Å². The van der Waals surface area contributed by atoms with Gasteiger partial charge in [-0.25, -0.2) is 0 Å². The summed E-state index contributed by atoms with van der Waals surface area (Å²) < 4.78 is 0. The lowest BCUT2D eigenvalue weighted by Gasteiger charge is -2.45. The third kappa shape index (κ3) is 3.09. The molecule has 4 heteroatoms. The predicted molar refractivity (Wildman–Crippen MR) is 79.6 cm³/mol. The van der Waals surface area contributed by atoms with Crippen LogP contribution in [-0.4, -0.2) is 23.5 Å². The van der Waals surface area contributed by atoms with E-state index in [0.717, 1.165) is 32.2 Å². The quantitative estimate of drug-likeness (QED) is 0.837. The zero-order chi connectivity index (χ0) is 14.8. The summed E-state index contributed by atoms with van der Waals surface area (Å²) in [6.07, 6.45) is 10.3. The van der Waals surface area contributed by atoms with Gasteiger partial charge in [-0.3, -0.25) is 9.59 Å². The molecule has 4 nitrogen and oxygen atoms in total. The zero-order valence-corrected chi connectivity index (χ0v) is 12.7. The second-order valence-corrected chi connectivity index (χ2v) is 7.31. The third-order valence-corrected chi connectivity index (χ3v) is 6.10. The molecule has 4 fully saturated rings. The molecule has 0 aromatic heterocycles. The van der Waals surface area contributed by atoms with Crippen molar-refractivity contribution in [2.45, 2.75) is 57.8 Å². The van der Waals surface area contributed by atoms with Crippen molar-refractivity contribution < 1.29 is 14.7 Å². The maximum absolute atomic E-state index is 12.6. The van der Waals surface area contributed by atoms with E-state index in [1.807, 2.05) is 0 Å². The maximum Gasteiger partial charge on any atom is 0.307 e. The number of fused-ring (bicyclic) bond motifs is 3. The monoisotopic (exact) mass is 293 g/mol. The van der Waals surface area contributed by atoms with Crippen LogP contribution in [0, 0.1) is 29.6 Å². The van der Waals surface area contributed by atoms with Crippen LogP contribution in [0.4, 0.5) is 0 Å². The lowest BCUT2D eigenvalue weighted by Crippen LogP contribution is -2.51. The second-order valence-electron chi connectivity index (χ2n) is 7.31. The number of rotatable bonds is 4. The maximum atomic E-state index is 12.6. The number of aliphatic carboxylic acids is 1. The minimum absolute atomic E-state index is 0.0161. The summed E-state index contributed by atoms with van der Waals surface area (Å²) in [5, 5.41) is 12.6. The van der Waals surface area contributed by atoms with Gasteiger partial charge in [-0.05, 0) is 56.3 Å². The van der Waals surface area contributed by atoms with E-state index in [1.54, 1.807) is 0 Å². The first kappa shape index (κ1) is 14.9. The summed E-state index contributed by atoms with van der Waals surface area (Å²) in [6, 6.07) is 0. The molecule has 4 aliphatic rings. The number of hydrogen-bond acceptors (Lipinski definition) is 2. The molecule has 0 heterocycles. The molecule has 118 valence electrons. The van der Waals surface area contributed by atoms with Crippen LogP contribution in [0.1, 0.15) is 57.8 Å². The van der Waals surface area contributed by atoms with Crippen molar-refractivity contribution >= 4 is 11.9 Å². The van der Waals surface area contributed by atoms with Gasteiger partial charge in [0.05, 0.1) is 11.8 Å². The van der Waals surface area contributed by atoms with E-state index in [-0.39, 0.29) is 17.7 Å². The van der Waals surface area contributed by atoms with Crippen LogP contribution in [-0.2, 0) is 9.59 Å². The highest BCUT2D eigenvalue weighted by Gasteiger charge is 2.50. The Hall–Kier alpha value is -1.06. The van der Waals surface area contributed by atoms with Crippen LogP contribution >= 0.6 is 0 Å². The Balaban J connectivity index is 1.60. The van der Waals surface area contributed by atoms with E-state index in [2.05, 4.69) is 5.32 Å². The van der Waals surface area contributed by atoms with Crippen molar-refractivity contribution in [3.05, 3.63) is 0 Å². The molecule has 2 N–H and O–H groups in total. The number of carbonyl (C=O) groups excluding carboxylic acids is 1. The van der Waals surface area contributed by atoms with Crippen molar-refractivity contribution in [1.29, 1.82) is 0 Å². The first-order valence-electron chi connectivity index (χ1n) is 8.67. The molecular formula is C17H27NO3. The van der Waals surface area contributed by atoms with E-state index < -0.39 is 11.9 Å². The van der Waals surface area contributed by atoms with Crippen molar-refractivity contribution in [2.75, 3.05) is 6.54 Å². The summed E-state index contributed by atoms with van der Waals surface area (Å²) >= 11 is 0. The number of hydrogen-bond donors (Lipinski definition) is 2. The number of carbonyl (C=O) groups is 2. The van der Waals surface area contributed by atoms with Crippen molar-refractivity contribution in [3.63, 3.8) is 0 Å². The first-order chi connectivity index (χ1) is 10.2. The fraction of sp³-hybridized carbons (Fsp3) is 0.882. The number of amides is 1. The smallest absolute Gasteiger partial charge is 0.307 e. The molecule has 0 aromatic carbocycles. The van der Waals surface area contributed by atoms with Gasteiger partial charge in [-0.2, -0.15) is 0 Å². The average Bonchev–Trinajstić information content (AvgIpc) is 2.53. The first-order valence-corrected chi connectivity index (χ1v) is 8.67. The van der Waals surface area contributed by atoms with E-state index >= 15 is 0 Å². The zero-order valence-electron chi connectivity index (χ0n) is 12.7. The Morgan fingerprint density at radius 1 is 0.857 bits per heavy atom. The van der Waals surface area contributed by atoms with Gasteiger partial charge in [0.2, 0.25) is 5.91 Å². The lowest BCUT2D eigenvalue weighted by atomic mass is 9.58. The van der Waals surface area contributed by atoms with Gasteiger partial charge in [0.25, 0.3) is 0 Å². The molecule has 0 aromatic rings. The molecule has 0 spiro atoms. The van der Waals surface area contributed by atoms with E-state index in [9.17, 15) is 14.7 Å². The molecule has 0 aliphatic heterocycles. The number of nitrogens with one attached hydrogen (secondary N) is 1. The van der Waals surface area contributed by atoms with Crippen LogP contribution in [0.25, 0.3) is 0 Å². The van der Waals surface area contributed by atoms with Crippen LogP contribution in [0.3, 0.4) is 0 Å². The Kier molecular flexibility index (Phi) is 4.51. The second kappa shape index (κ2) is 6.37. The highest BCUT2D eigenvalue weighted by molar-refractivity contribution is 5.85. The number of carboxylic acid groups (broad SMARTS) is 1. The fourth-order valence-electron chi connectivity index (χ4n) is 4.94. The third-order valence-electron chi connectivity index (χ3n) is 6.10. The average molecular weight is 293 g/mol. The summed E-state index contributed by atoms with van der Waals surface area (Å²) in [5.74, 6) is -0.348. The van der Waals surface area contributed by atoms with Gasteiger partial charge < -0.3 is 10.4 Å². The molecule has 0 radical (unpaired) electrons. The Morgan fingerprint density at radius 3 is 2.00 bits per heavy atom. The van der Waals surface area contributed by atoms with Crippen LogP contribution in [0.5, 0.6) is 0 Å². The molecule has 2 bridgehead atoms. The largest absolute Gasteiger partial charge is 0.481 e.